The van der Waals surface area contributed by atoms with Crippen molar-refractivity contribution in [3.8, 4) is 11.1 Å². The van der Waals surface area contributed by atoms with Gasteiger partial charge in [-0.25, -0.2) is 0 Å². The number of nitrogens with zero attached hydrogens (tertiary/aromatic N) is 3. The molecule has 6 rings (SSSR count). The molecule has 0 bridgehead atoms. The van der Waals surface area contributed by atoms with Crippen LogP contribution in [0.5, 0.6) is 0 Å². The number of piperazine rings is 1. The summed E-state index contributed by atoms with van der Waals surface area (Å²) < 4.78 is 0. The van der Waals surface area contributed by atoms with Crippen molar-refractivity contribution in [2.24, 2.45) is 0 Å². The first kappa shape index (κ1) is 25.0. The maximum atomic E-state index is 13.7. The van der Waals surface area contributed by atoms with E-state index in [0.717, 1.165) is 37.3 Å². The molecule has 1 unspecified atom stereocenters. The Labute approximate surface area is 228 Å². The Balaban J connectivity index is 1.17. The van der Waals surface area contributed by atoms with Gasteiger partial charge < -0.3 is 10.0 Å². The average molecular weight is 518 g/mol. The van der Waals surface area contributed by atoms with Crippen molar-refractivity contribution in [2.75, 3.05) is 42.6 Å². The van der Waals surface area contributed by atoms with Gasteiger partial charge in [0.15, 0.2) is 11.4 Å². The maximum Gasteiger partial charge on any atom is 0.265 e. The SMILES string of the molecule is O=C(CC1(O)C(=O)N(CN2CCN(c3ccccc3)CC2)c2ccccc21)c1ccc(-c2ccccc2)cc1. The summed E-state index contributed by atoms with van der Waals surface area (Å²) in [6.07, 6.45) is -0.300. The fourth-order valence-corrected chi connectivity index (χ4v) is 5.62. The number of fused-ring (bicyclic) bond motifs is 1. The molecule has 1 N–H and O–H groups in total. The van der Waals surface area contributed by atoms with Crippen LogP contribution in [0.25, 0.3) is 11.1 Å². The standard InChI is InChI=1S/C33H31N3O3/c37-31(27-17-15-26(16-18-27)25-9-3-1-4-10-25)23-33(39)29-13-7-8-14-30(29)36(32(33)38)24-34-19-21-35(22-20-34)28-11-5-2-6-12-28/h1-18,39H,19-24H2. The molecule has 4 aromatic rings. The predicted octanol–water partition coefficient (Wildman–Crippen LogP) is 4.94. The molecule has 0 aliphatic carbocycles. The van der Waals surface area contributed by atoms with Crippen LogP contribution in [0, 0.1) is 0 Å². The summed E-state index contributed by atoms with van der Waals surface area (Å²) in [6, 6.07) is 34.9. The number of para-hydroxylation sites is 2. The summed E-state index contributed by atoms with van der Waals surface area (Å²) in [4.78, 5) is 33.3. The number of carbonyl (C=O) groups excluding carboxylic acids is 2. The first-order valence-corrected chi connectivity index (χ1v) is 13.4. The summed E-state index contributed by atoms with van der Waals surface area (Å²) in [6.45, 7) is 3.68. The first-order valence-electron chi connectivity index (χ1n) is 13.4. The minimum absolute atomic E-state index is 0.265. The number of amides is 1. The number of ketones is 1. The zero-order valence-corrected chi connectivity index (χ0v) is 21.7. The van der Waals surface area contributed by atoms with Gasteiger partial charge in [-0.05, 0) is 29.3 Å². The number of anilines is 2. The number of rotatable bonds is 7. The second-order valence-electron chi connectivity index (χ2n) is 10.2. The second kappa shape index (κ2) is 10.5. The minimum Gasteiger partial charge on any atom is -0.375 e. The Morgan fingerprint density at radius 3 is 2.00 bits per heavy atom. The molecule has 1 fully saturated rings. The van der Waals surface area contributed by atoms with E-state index in [4.69, 9.17) is 0 Å². The fraction of sp³-hybridized carbons (Fsp3) is 0.212. The van der Waals surface area contributed by atoms with E-state index in [1.807, 2.05) is 72.8 Å². The van der Waals surface area contributed by atoms with E-state index in [2.05, 4.69) is 21.9 Å². The van der Waals surface area contributed by atoms with Gasteiger partial charge >= 0.3 is 0 Å². The van der Waals surface area contributed by atoms with Crippen LogP contribution >= 0.6 is 0 Å². The van der Waals surface area contributed by atoms with E-state index in [1.54, 1.807) is 29.2 Å². The van der Waals surface area contributed by atoms with Gasteiger partial charge in [0.25, 0.3) is 5.91 Å². The van der Waals surface area contributed by atoms with Crippen molar-refractivity contribution >= 4 is 23.1 Å². The molecule has 4 aromatic carbocycles. The van der Waals surface area contributed by atoms with Gasteiger partial charge in [0.05, 0.1) is 18.8 Å². The van der Waals surface area contributed by atoms with Gasteiger partial charge in [-0.15, -0.1) is 0 Å². The van der Waals surface area contributed by atoms with Gasteiger partial charge in [0, 0.05) is 43.0 Å². The summed E-state index contributed by atoms with van der Waals surface area (Å²) >= 11 is 0. The minimum atomic E-state index is -1.89. The molecule has 6 nitrogen and oxygen atoms in total. The Hall–Kier alpha value is -4.26. The zero-order chi connectivity index (χ0) is 26.8. The number of aliphatic hydroxyl groups is 1. The number of carbonyl (C=O) groups is 2. The molecular weight excluding hydrogens is 486 g/mol. The van der Waals surface area contributed by atoms with Crippen LogP contribution in [0.2, 0.25) is 0 Å². The van der Waals surface area contributed by atoms with Crippen molar-refractivity contribution in [1.29, 1.82) is 0 Å². The normalized spacial score (nSPS) is 19.3. The zero-order valence-electron chi connectivity index (χ0n) is 21.7. The van der Waals surface area contributed by atoms with Crippen molar-refractivity contribution < 1.29 is 14.7 Å². The Morgan fingerprint density at radius 1 is 0.718 bits per heavy atom. The highest BCUT2D eigenvalue weighted by atomic mass is 16.3. The lowest BCUT2D eigenvalue weighted by Crippen LogP contribution is -2.52. The van der Waals surface area contributed by atoms with Crippen molar-refractivity contribution in [2.45, 2.75) is 12.0 Å². The first-order chi connectivity index (χ1) is 19.0. The van der Waals surface area contributed by atoms with Gasteiger partial charge in [-0.1, -0.05) is 91.0 Å². The van der Waals surface area contributed by atoms with Gasteiger partial charge in [0.2, 0.25) is 0 Å². The topological polar surface area (TPSA) is 64.1 Å². The quantitative estimate of drug-likeness (QED) is 0.352. The van der Waals surface area contributed by atoms with E-state index in [1.165, 1.54) is 5.69 Å². The molecule has 1 atom stereocenters. The van der Waals surface area contributed by atoms with Gasteiger partial charge in [-0.2, -0.15) is 0 Å². The van der Waals surface area contributed by atoms with Crippen LogP contribution < -0.4 is 9.80 Å². The Bertz CT molecular complexity index is 1470. The van der Waals surface area contributed by atoms with Crippen LogP contribution in [0.3, 0.4) is 0 Å². The largest absolute Gasteiger partial charge is 0.375 e. The van der Waals surface area contributed by atoms with E-state index < -0.39 is 11.5 Å². The second-order valence-corrected chi connectivity index (χ2v) is 10.2. The molecular formula is C33H31N3O3. The van der Waals surface area contributed by atoms with Crippen molar-refractivity contribution in [3.05, 3.63) is 120 Å². The lowest BCUT2D eigenvalue weighted by Gasteiger charge is -2.38. The monoisotopic (exact) mass is 517 g/mol. The molecule has 2 heterocycles. The highest BCUT2D eigenvalue weighted by Crippen LogP contribution is 2.43. The third-order valence-electron chi connectivity index (χ3n) is 7.80. The van der Waals surface area contributed by atoms with Crippen LogP contribution in [0.4, 0.5) is 11.4 Å². The summed E-state index contributed by atoms with van der Waals surface area (Å²) in [5.74, 6) is -0.706. The molecule has 2 aliphatic rings. The Morgan fingerprint density at radius 2 is 1.31 bits per heavy atom. The number of hydrogen-bond donors (Lipinski definition) is 1. The Kier molecular flexibility index (Phi) is 6.73. The lowest BCUT2D eigenvalue weighted by atomic mass is 9.88. The highest BCUT2D eigenvalue weighted by Gasteiger charge is 2.51. The summed E-state index contributed by atoms with van der Waals surface area (Å²) in [7, 11) is 0. The third kappa shape index (κ3) is 4.85. The number of benzene rings is 4. The summed E-state index contributed by atoms with van der Waals surface area (Å²) in [5.41, 5.74) is 3.02. The van der Waals surface area contributed by atoms with Crippen LogP contribution in [-0.2, 0) is 10.4 Å². The van der Waals surface area contributed by atoms with E-state index in [0.29, 0.717) is 23.5 Å². The highest BCUT2D eigenvalue weighted by molar-refractivity contribution is 6.10. The van der Waals surface area contributed by atoms with Crippen LogP contribution in [0.15, 0.2) is 109 Å². The number of Topliss-reactive ketones (excluding diaryl/α,β-unsaturated/α-hetero) is 1. The van der Waals surface area contributed by atoms with Crippen molar-refractivity contribution in [1.82, 2.24) is 4.90 Å². The molecule has 0 aromatic heterocycles. The fourth-order valence-electron chi connectivity index (χ4n) is 5.62. The molecule has 39 heavy (non-hydrogen) atoms. The summed E-state index contributed by atoms with van der Waals surface area (Å²) in [5, 5.41) is 11.7. The molecule has 1 saturated heterocycles. The van der Waals surface area contributed by atoms with Crippen LogP contribution in [-0.4, -0.2) is 54.5 Å². The van der Waals surface area contributed by atoms with E-state index >= 15 is 0 Å². The molecule has 6 heteroatoms. The van der Waals surface area contributed by atoms with E-state index in [9.17, 15) is 14.7 Å². The molecule has 196 valence electrons. The predicted molar refractivity (Wildman–Crippen MR) is 154 cm³/mol. The molecule has 0 radical (unpaired) electrons. The maximum absolute atomic E-state index is 13.7. The average Bonchev–Trinajstić information content (AvgIpc) is 3.20. The number of hydrogen-bond acceptors (Lipinski definition) is 5. The molecule has 0 saturated carbocycles. The smallest absolute Gasteiger partial charge is 0.265 e. The van der Waals surface area contributed by atoms with E-state index in [-0.39, 0.29) is 12.2 Å². The third-order valence-corrected chi connectivity index (χ3v) is 7.80. The van der Waals surface area contributed by atoms with Gasteiger partial charge in [0.1, 0.15) is 0 Å². The van der Waals surface area contributed by atoms with Gasteiger partial charge in [-0.3, -0.25) is 19.4 Å². The molecule has 2 aliphatic heterocycles. The lowest BCUT2D eigenvalue weighted by molar-refractivity contribution is -0.136. The van der Waals surface area contributed by atoms with Crippen LogP contribution in [0.1, 0.15) is 22.3 Å². The van der Waals surface area contributed by atoms with Crippen molar-refractivity contribution in [3.63, 3.8) is 0 Å². The molecule has 1 amide bonds. The molecule has 0 spiro atoms.